The van der Waals surface area contributed by atoms with E-state index in [9.17, 15) is 9.90 Å². The Hall–Kier alpha value is -2.69. The fourth-order valence-electron chi connectivity index (χ4n) is 4.31. The summed E-state index contributed by atoms with van der Waals surface area (Å²) in [4.78, 5) is 12.1. The van der Waals surface area contributed by atoms with Gasteiger partial charge in [0.2, 0.25) is 0 Å². The summed E-state index contributed by atoms with van der Waals surface area (Å²) in [5.41, 5.74) is 0. The average molecular weight is 623 g/mol. The molecule has 0 heterocycles. The Morgan fingerprint density at radius 2 is 0.933 bits per heavy atom. The number of esters is 1. The van der Waals surface area contributed by atoms with E-state index in [4.69, 9.17) is 9.47 Å². The van der Waals surface area contributed by atoms with Crippen LogP contribution in [0.4, 0.5) is 0 Å². The number of aliphatic hydroxyl groups excluding tert-OH is 1. The molecular weight excluding hydrogens is 556 g/mol. The smallest absolute Gasteiger partial charge is 0.306 e. The van der Waals surface area contributed by atoms with E-state index < -0.39 is 6.10 Å². The van der Waals surface area contributed by atoms with Crippen molar-refractivity contribution in [3.05, 3.63) is 97.2 Å². The van der Waals surface area contributed by atoms with Crippen molar-refractivity contribution in [2.75, 3.05) is 19.8 Å². The fraction of sp³-hybridized carbons (Fsp3) is 0.585. The zero-order chi connectivity index (χ0) is 32.7. The highest BCUT2D eigenvalue weighted by Crippen LogP contribution is 2.09. The topological polar surface area (TPSA) is 55.8 Å². The molecule has 0 rings (SSSR count). The van der Waals surface area contributed by atoms with E-state index in [2.05, 4.69) is 111 Å². The lowest BCUT2D eigenvalue weighted by Crippen LogP contribution is -2.27. The minimum atomic E-state index is -0.569. The molecule has 0 aliphatic carbocycles. The maximum absolute atomic E-state index is 12.1. The third-order valence-corrected chi connectivity index (χ3v) is 6.90. The van der Waals surface area contributed by atoms with Gasteiger partial charge < -0.3 is 14.6 Å². The van der Waals surface area contributed by atoms with Crippen molar-refractivity contribution in [1.29, 1.82) is 0 Å². The van der Waals surface area contributed by atoms with Crippen LogP contribution in [0.1, 0.15) is 129 Å². The van der Waals surface area contributed by atoms with Crippen LogP contribution in [0.3, 0.4) is 0 Å². The Labute approximate surface area is 277 Å². The van der Waals surface area contributed by atoms with Gasteiger partial charge in [-0.15, -0.1) is 0 Å². The molecule has 4 heteroatoms. The normalized spacial score (nSPS) is 13.6. The van der Waals surface area contributed by atoms with Gasteiger partial charge in [0.25, 0.3) is 0 Å². The zero-order valence-electron chi connectivity index (χ0n) is 28.8. The molecule has 0 aromatic heterocycles. The minimum Gasteiger partial charge on any atom is -0.457 e. The van der Waals surface area contributed by atoms with Gasteiger partial charge in [0.1, 0.15) is 6.10 Å². The van der Waals surface area contributed by atoms with E-state index in [-0.39, 0.29) is 19.2 Å². The molecule has 0 saturated carbocycles. The van der Waals surface area contributed by atoms with Crippen LogP contribution >= 0.6 is 0 Å². The molecule has 0 saturated heterocycles. The molecule has 0 aliphatic rings. The molecule has 0 amide bonds. The molecule has 1 N–H and O–H groups in total. The quantitative estimate of drug-likeness (QED) is 0.0475. The second-order valence-corrected chi connectivity index (χ2v) is 11.2. The van der Waals surface area contributed by atoms with Gasteiger partial charge in [0.05, 0.1) is 13.2 Å². The lowest BCUT2D eigenvalue weighted by molar-refractivity contribution is -0.154. The van der Waals surface area contributed by atoms with Crippen LogP contribution in [0.2, 0.25) is 0 Å². The van der Waals surface area contributed by atoms with Gasteiger partial charge in [-0.2, -0.15) is 0 Å². The van der Waals surface area contributed by atoms with Gasteiger partial charge in [0, 0.05) is 13.0 Å². The van der Waals surface area contributed by atoms with E-state index in [0.29, 0.717) is 13.0 Å². The molecule has 0 fully saturated rings. The first-order valence-corrected chi connectivity index (χ1v) is 17.8. The number of carbonyl (C=O) groups excluding carboxylic acids is 1. The summed E-state index contributed by atoms with van der Waals surface area (Å²) in [7, 11) is 0. The molecule has 0 radical (unpaired) electrons. The van der Waals surface area contributed by atoms with Gasteiger partial charge in [-0.3, -0.25) is 4.79 Å². The molecule has 0 bridgehead atoms. The molecule has 0 aromatic carbocycles. The van der Waals surface area contributed by atoms with Crippen LogP contribution in [-0.4, -0.2) is 37.0 Å². The highest BCUT2D eigenvalue weighted by Gasteiger charge is 2.13. The highest BCUT2D eigenvalue weighted by atomic mass is 16.6. The molecule has 0 aromatic rings. The lowest BCUT2D eigenvalue weighted by atomic mass is 10.1. The average Bonchev–Trinajstić information content (AvgIpc) is 3.05. The number of allylic oxidation sites excluding steroid dienone is 16. The number of hydrogen-bond acceptors (Lipinski definition) is 4. The summed E-state index contributed by atoms with van der Waals surface area (Å²) in [6.45, 7) is 4.99. The van der Waals surface area contributed by atoms with Gasteiger partial charge in [-0.25, -0.2) is 0 Å². The summed E-state index contributed by atoms with van der Waals surface area (Å²) in [6.07, 6.45) is 53.0. The summed E-state index contributed by atoms with van der Waals surface area (Å²) in [6, 6.07) is 0. The largest absolute Gasteiger partial charge is 0.457 e. The minimum absolute atomic E-state index is 0.202. The summed E-state index contributed by atoms with van der Waals surface area (Å²) < 4.78 is 11.1. The maximum Gasteiger partial charge on any atom is 0.306 e. The molecule has 0 spiro atoms. The second kappa shape index (κ2) is 37.5. The van der Waals surface area contributed by atoms with Crippen LogP contribution < -0.4 is 0 Å². The second-order valence-electron chi connectivity index (χ2n) is 11.2. The zero-order valence-corrected chi connectivity index (χ0v) is 28.8. The van der Waals surface area contributed by atoms with Gasteiger partial charge in [0.15, 0.2) is 0 Å². The van der Waals surface area contributed by atoms with Crippen molar-refractivity contribution in [3.8, 4) is 0 Å². The lowest BCUT2D eigenvalue weighted by Gasteiger charge is -2.15. The van der Waals surface area contributed by atoms with Crippen molar-refractivity contribution in [2.24, 2.45) is 0 Å². The first-order valence-electron chi connectivity index (χ1n) is 17.8. The Balaban J connectivity index is 3.62. The van der Waals surface area contributed by atoms with Crippen LogP contribution in [0.15, 0.2) is 97.2 Å². The van der Waals surface area contributed by atoms with Crippen molar-refractivity contribution in [2.45, 2.75) is 136 Å². The van der Waals surface area contributed by atoms with Crippen LogP contribution in [0.25, 0.3) is 0 Å². The van der Waals surface area contributed by atoms with Crippen LogP contribution in [0, 0.1) is 0 Å². The number of ether oxygens (including phenoxy) is 2. The fourth-order valence-corrected chi connectivity index (χ4v) is 4.31. The standard InChI is InChI=1S/C41H66O4/c1-3-5-7-9-11-13-15-17-19-21-22-24-26-28-30-32-34-36-41(43)45-40(38-42)39-44-37-35-33-31-29-27-25-23-20-18-16-14-12-10-8-6-4-2/h5-8,11-14,17-20,22,24-25,27,40,42H,3-4,9-10,15-16,21,23,26,28-39H2,1-2H3/b7-5-,8-6-,13-11-,14-12-,19-17-,20-18-,24-22-,27-25-. The molecule has 1 unspecified atom stereocenters. The Morgan fingerprint density at radius 3 is 1.38 bits per heavy atom. The number of unbranched alkanes of at least 4 members (excludes halogenated alkanes) is 7. The number of hydrogen-bond donors (Lipinski definition) is 1. The highest BCUT2D eigenvalue weighted by molar-refractivity contribution is 5.69. The van der Waals surface area contributed by atoms with Crippen LogP contribution in [-0.2, 0) is 14.3 Å². The third-order valence-electron chi connectivity index (χ3n) is 6.90. The summed E-state index contributed by atoms with van der Waals surface area (Å²) in [5, 5.41) is 9.55. The van der Waals surface area contributed by atoms with Gasteiger partial charge >= 0.3 is 5.97 Å². The molecule has 0 aliphatic heterocycles. The Bertz CT molecular complexity index is 872. The van der Waals surface area contributed by atoms with Crippen molar-refractivity contribution in [1.82, 2.24) is 0 Å². The van der Waals surface area contributed by atoms with Crippen molar-refractivity contribution < 1.29 is 19.4 Å². The summed E-state index contributed by atoms with van der Waals surface area (Å²) in [5.74, 6) is -0.241. The Morgan fingerprint density at radius 1 is 0.533 bits per heavy atom. The molecule has 1 atom stereocenters. The molecule has 45 heavy (non-hydrogen) atoms. The summed E-state index contributed by atoms with van der Waals surface area (Å²) >= 11 is 0. The first-order chi connectivity index (χ1) is 22.2. The Kier molecular flexibility index (Phi) is 35.3. The van der Waals surface area contributed by atoms with Gasteiger partial charge in [-0.05, 0) is 89.9 Å². The monoisotopic (exact) mass is 622 g/mol. The SMILES string of the molecule is CC/C=C\C/C=C\C/C=C\C/C=C\CCCCCCC(=O)OC(CO)COCCCCC/C=C\C/C=C\C/C=C\C/C=C\CC. The number of aliphatic hydroxyl groups is 1. The first kappa shape index (κ1) is 42.3. The van der Waals surface area contributed by atoms with E-state index in [0.717, 1.165) is 109 Å². The van der Waals surface area contributed by atoms with Gasteiger partial charge in [-0.1, -0.05) is 130 Å². The molecule has 254 valence electrons. The molecular formula is C41H66O4. The van der Waals surface area contributed by atoms with E-state index in [1.54, 1.807) is 0 Å². The van der Waals surface area contributed by atoms with E-state index in [1.807, 2.05) is 0 Å². The van der Waals surface area contributed by atoms with Crippen LogP contribution in [0.5, 0.6) is 0 Å². The van der Waals surface area contributed by atoms with E-state index in [1.165, 1.54) is 0 Å². The van der Waals surface area contributed by atoms with E-state index >= 15 is 0 Å². The predicted molar refractivity (Wildman–Crippen MR) is 195 cm³/mol. The maximum atomic E-state index is 12.1. The third kappa shape index (κ3) is 35.7. The van der Waals surface area contributed by atoms with Crippen molar-refractivity contribution in [3.63, 3.8) is 0 Å². The van der Waals surface area contributed by atoms with Crippen molar-refractivity contribution >= 4 is 5.97 Å². The number of carbonyl (C=O) groups is 1. The number of rotatable bonds is 31. The molecule has 4 nitrogen and oxygen atoms in total. The predicted octanol–water partition coefficient (Wildman–Crippen LogP) is 11.4.